The van der Waals surface area contributed by atoms with Gasteiger partial charge in [-0.3, -0.25) is 4.68 Å². The third-order valence-corrected chi connectivity index (χ3v) is 2.26. The Hall–Kier alpha value is -1.36. The molecule has 1 aromatic heterocycles. The molecular formula is C12H20N2O3. The van der Waals surface area contributed by atoms with Crippen LogP contribution < -0.4 is 0 Å². The molecule has 1 rings (SSSR count). The SMILES string of the molecule is CCOC(=O)c1cc(CC(C)(C)O)n(CC)n1. The van der Waals surface area contributed by atoms with Crippen molar-refractivity contribution in [3.05, 3.63) is 17.5 Å². The molecule has 0 bridgehead atoms. The summed E-state index contributed by atoms with van der Waals surface area (Å²) in [4.78, 5) is 11.5. The van der Waals surface area contributed by atoms with Gasteiger partial charge in [0.2, 0.25) is 0 Å². The van der Waals surface area contributed by atoms with Crippen molar-refractivity contribution in [1.29, 1.82) is 0 Å². The molecular weight excluding hydrogens is 220 g/mol. The summed E-state index contributed by atoms with van der Waals surface area (Å²) in [6.45, 7) is 8.14. The van der Waals surface area contributed by atoms with Crippen molar-refractivity contribution >= 4 is 5.97 Å². The summed E-state index contributed by atoms with van der Waals surface area (Å²) < 4.78 is 6.61. The lowest BCUT2D eigenvalue weighted by atomic mass is 10.0. The first-order valence-corrected chi connectivity index (χ1v) is 5.83. The molecule has 96 valence electrons. The zero-order valence-electron chi connectivity index (χ0n) is 10.9. The fraction of sp³-hybridized carbons (Fsp3) is 0.667. The molecule has 0 saturated carbocycles. The number of rotatable bonds is 5. The number of carbonyl (C=O) groups is 1. The maximum atomic E-state index is 11.5. The molecule has 0 fully saturated rings. The maximum Gasteiger partial charge on any atom is 0.358 e. The van der Waals surface area contributed by atoms with E-state index < -0.39 is 11.6 Å². The summed E-state index contributed by atoms with van der Waals surface area (Å²) in [5.74, 6) is -0.420. The second kappa shape index (κ2) is 5.31. The van der Waals surface area contributed by atoms with Gasteiger partial charge in [-0.15, -0.1) is 0 Å². The molecule has 0 aliphatic rings. The molecule has 5 heteroatoms. The summed E-state index contributed by atoms with van der Waals surface area (Å²) in [6.07, 6.45) is 0.452. The molecule has 0 aliphatic heterocycles. The molecule has 0 atom stereocenters. The smallest absolute Gasteiger partial charge is 0.358 e. The van der Waals surface area contributed by atoms with Gasteiger partial charge in [-0.25, -0.2) is 4.79 Å². The Labute approximate surface area is 101 Å². The zero-order valence-corrected chi connectivity index (χ0v) is 10.9. The van der Waals surface area contributed by atoms with E-state index in [1.807, 2.05) is 6.92 Å². The minimum Gasteiger partial charge on any atom is -0.461 e. The van der Waals surface area contributed by atoms with Crippen LogP contribution in [0.1, 0.15) is 43.9 Å². The van der Waals surface area contributed by atoms with Crippen LogP contribution in [-0.4, -0.2) is 33.1 Å². The highest BCUT2D eigenvalue weighted by Gasteiger charge is 2.20. The predicted octanol–water partition coefficient (Wildman–Crippen LogP) is 1.39. The van der Waals surface area contributed by atoms with E-state index >= 15 is 0 Å². The maximum absolute atomic E-state index is 11.5. The Balaban J connectivity index is 2.94. The van der Waals surface area contributed by atoms with Crippen molar-refractivity contribution in [3.8, 4) is 0 Å². The highest BCUT2D eigenvalue weighted by molar-refractivity contribution is 5.87. The molecule has 0 radical (unpaired) electrons. The Morgan fingerprint density at radius 2 is 2.18 bits per heavy atom. The number of aromatic nitrogens is 2. The number of hydrogen-bond donors (Lipinski definition) is 1. The fourth-order valence-electron chi connectivity index (χ4n) is 1.62. The summed E-state index contributed by atoms with van der Waals surface area (Å²) >= 11 is 0. The number of aliphatic hydroxyl groups is 1. The van der Waals surface area contributed by atoms with E-state index in [-0.39, 0.29) is 0 Å². The largest absolute Gasteiger partial charge is 0.461 e. The van der Waals surface area contributed by atoms with Crippen LogP contribution in [0.3, 0.4) is 0 Å². The van der Waals surface area contributed by atoms with E-state index in [0.717, 1.165) is 5.69 Å². The van der Waals surface area contributed by atoms with E-state index in [4.69, 9.17) is 4.74 Å². The second-order valence-electron chi connectivity index (χ2n) is 4.55. The highest BCUT2D eigenvalue weighted by Crippen LogP contribution is 2.14. The van der Waals surface area contributed by atoms with Crippen molar-refractivity contribution in [1.82, 2.24) is 9.78 Å². The predicted molar refractivity (Wildman–Crippen MR) is 63.9 cm³/mol. The fourth-order valence-corrected chi connectivity index (χ4v) is 1.62. The molecule has 17 heavy (non-hydrogen) atoms. The van der Waals surface area contributed by atoms with Crippen molar-refractivity contribution in [2.45, 2.75) is 46.3 Å². The third-order valence-electron chi connectivity index (χ3n) is 2.26. The van der Waals surface area contributed by atoms with Crippen molar-refractivity contribution in [3.63, 3.8) is 0 Å². The van der Waals surface area contributed by atoms with Crippen LogP contribution in [0, 0.1) is 0 Å². The number of esters is 1. The standard InChI is InChI=1S/C12H20N2O3/c1-5-14-9(8-12(3,4)16)7-10(13-14)11(15)17-6-2/h7,16H,5-6,8H2,1-4H3. The first-order chi connectivity index (χ1) is 7.87. The van der Waals surface area contributed by atoms with Crippen LogP contribution in [0.4, 0.5) is 0 Å². The monoisotopic (exact) mass is 240 g/mol. The van der Waals surface area contributed by atoms with Crippen LogP contribution in [-0.2, 0) is 17.7 Å². The van der Waals surface area contributed by atoms with Gasteiger partial charge in [0.15, 0.2) is 5.69 Å². The van der Waals surface area contributed by atoms with Crippen LogP contribution in [0.5, 0.6) is 0 Å². The average molecular weight is 240 g/mol. The van der Waals surface area contributed by atoms with Gasteiger partial charge in [0.05, 0.1) is 12.2 Å². The number of ether oxygens (including phenoxy) is 1. The number of hydrogen-bond acceptors (Lipinski definition) is 4. The first-order valence-electron chi connectivity index (χ1n) is 5.83. The summed E-state index contributed by atoms with van der Waals surface area (Å²) in [7, 11) is 0. The second-order valence-corrected chi connectivity index (χ2v) is 4.55. The lowest BCUT2D eigenvalue weighted by Gasteiger charge is -2.17. The number of carbonyl (C=O) groups excluding carboxylic acids is 1. The molecule has 0 amide bonds. The highest BCUT2D eigenvalue weighted by atomic mass is 16.5. The molecule has 0 saturated heterocycles. The van der Waals surface area contributed by atoms with E-state index in [1.165, 1.54) is 0 Å². The Bertz CT molecular complexity index is 391. The third kappa shape index (κ3) is 3.85. The minimum atomic E-state index is -0.821. The van der Waals surface area contributed by atoms with Crippen molar-refractivity contribution in [2.75, 3.05) is 6.61 Å². The van der Waals surface area contributed by atoms with Gasteiger partial charge in [-0.2, -0.15) is 5.10 Å². The van der Waals surface area contributed by atoms with E-state index in [2.05, 4.69) is 5.10 Å². The van der Waals surface area contributed by atoms with Gasteiger partial charge in [0.25, 0.3) is 0 Å². The Kier molecular flexibility index (Phi) is 4.28. The van der Waals surface area contributed by atoms with Crippen LogP contribution >= 0.6 is 0 Å². The topological polar surface area (TPSA) is 64.3 Å². The molecule has 5 nitrogen and oxygen atoms in total. The summed E-state index contributed by atoms with van der Waals surface area (Å²) in [5.41, 5.74) is 0.315. The van der Waals surface area contributed by atoms with Gasteiger partial charge >= 0.3 is 5.97 Å². The van der Waals surface area contributed by atoms with E-state index in [1.54, 1.807) is 31.5 Å². The molecule has 0 unspecified atom stereocenters. The molecule has 0 aliphatic carbocycles. The average Bonchev–Trinajstić information content (AvgIpc) is 2.58. The lowest BCUT2D eigenvalue weighted by Crippen LogP contribution is -2.23. The molecule has 1 aromatic rings. The van der Waals surface area contributed by atoms with Crippen LogP contribution in [0.25, 0.3) is 0 Å². The van der Waals surface area contributed by atoms with E-state index in [9.17, 15) is 9.90 Å². The van der Waals surface area contributed by atoms with Crippen molar-refractivity contribution in [2.24, 2.45) is 0 Å². The number of aryl methyl sites for hydroxylation is 1. The zero-order chi connectivity index (χ0) is 13.1. The molecule has 1 N–H and O–H groups in total. The van der Waals surface area contributed by atoms with Gasteiger partial charge < -0.3 is 9.84 Å². The lowest BCUT2D eigenvalue weighted by molar-refractivity contribution is 0.0518. The van der Waals surface area contributed by atoms with Gasteiger partial charge in [0, 0.05) is 18.7 Å². The number of nitrogens with zero attached hydrogens (tertiary/aromatic N) is 2. The normalized spacial score (nSPS) is 11.6. The molecule has 1 heterocycles. The minimum absolute atomic E-state index is 0.299. The Morgan fingerprint density at radius 3 is 2.65 bits per heavy atom. The van der Waals surface area contributed by atoms with Gasteiger partial charge in [0.1, 0.15) is 0 Å². The van der Waals surface area contributed by atoms with Crippen LogP contribution in [0.15, 0.2) is 6.07 Å². The van der Waals surface area contributed by atoms with Crippen molar-refractivity contribution < 1.29 is 14.6 Å². The van der Waals surface area contributed by atoms with Gasteiger partial charge in [-0.05, 0) is 33.8 Å². The van der Waals surface area contributed by atoms with Gasteiger partial charge in [-0.1, -0.05) is 0 Å². The Morgan fingerprint density at radius 1 is 1.53 bits per heavy atom. The summed E-state index contributed by atoms with van der Waals surface area (Å²) in [6, 6.07) is 1.68. The van der Waals surface area contributed by atoms with E-state index in [0.29, 0.717) is 25.3 Å². The molecule has 0 aromatic carbocycles. The molecule has 0 spiro atoms. The quantitative estimate of drug-likeness (QED) is 0.790. The summed E-state index contributed by atoms with van der Waals surface area (Å²) in [5, 5.41) is 13.9. The van der Waals surface area contributed by atoms with Crippen LogP contribution in [0.2, 0.25) is 0 Å². The first kappa shape index (κ1) is 13.7.